The normalized spacial score (nSPS) is 1.00. The molecule has 4 heavy (non-hydrogen) atoms. The second-order valence-corrected chi connectivity index (χ2v) is 0. The second-order valence-electron chi connectivity index (χ2n) is 0. The third-order valence-electron chi connectivity index (χ3n) is 0. The van der Waals surface area contributed by atoms with Gasteiger partial charge in [-0.2, -0.15) is 0 Å². The minimum absolute atomic E-state index is 0. The molecule has 0 amide bonds. The predicted octanol–water partition coefficient (Wildman–Crippen LogP) is 0.344. The van der Waals surface area contributed by atoms with Crippen molar-refractivity contribution < 1.29 is 3.78 Å². The maximum atomic E-state index is 8.25. The third-order valence-corrected chi connectivity index (χ3v) is 0. The average molecular weight is 162 g/mol. The first-order valence-electron chi connectivity index (χ1n) is 0.204. The standard InChI is InChI=1S/2ClH.GeO/c;;1-2/h2*1H;. The summed E-state index contributed by atoms with van der Waals surface area (Å²) in [5.41, 5.74) is 0. The van der Waals surface area contributed by atoms with Crippen molar-refractivity contribution in [3.8, 4) is 0 Å². The molecule has 0 bridgehead atoms. The summed E-state index contributed by atoms with van der Waals surface area (Å²) in [6.07, 6.45) is 0. The molecule has 0 heterocycles. The Balaban J connectivity index is -0.00000000500. The summed E-state index contributed by atoms with van der Waals surface area (Å²) in [7, 11) is 0. The van der Waals surface area contributed by atoms with Gasteiger partial charge in [-0.25, -0.2) is 0 Å². The van der Waals surface area contributed by atoms with Gasteiger partial charge in [0.05, 0.1) is 0 Å². The molecule has 2 radical (unpaired) electrons. The van der Waals surface area contributed by atoms with Crippen LogP contribution >= 0.6 is 24.8 Å². The van der Waals surface area contributed by atoms with Gasteiger partial charge in [-0.05, 0) is 0 Å². The topological polar surface area (TPSA) is 17.1 Å². The molecule has 0 aliphatic carbocycles. The summed E-state index contributed by atoms with van der Waals surface area (Å²) in [5, 5.41) is 0. The van der Waals surface area contributed by atoms with E-state index in [0.29, 0.717) is 0 Å². The molecule has 0 unspecified atom stereocenters. The van der Waals surface area contributed by atoms with Gasteiger partial charge in [0.1, 0.15) is 0 Å². The van der Waals surface area contributed by atoms with E-state index in [1.807, 2.05) is 0 Å². The van der Waals surface area contributed by atoms with Gasteiger partial charge in [0.25, 0.3) is 0 Å². The predicted molar refractivity (Wildman–Crippen MR) is 20.9 cm³/mol. The van der Waals surface area contributed by atoms with Gasteiger partial charge in [-0.1, -0.05) is 0 Å². The van der Waals surface area contributed by atoms with Crippen molar-refractivity contribution in [2.45, 2.75) is 0 Å². The van der Waals surface area contributed by atoms with E-state index in [2.05, 4.69) is 0 Å². The Bertz CT molecular complexity index is 6.00. The Morgan fingerprint density at radius 1 is 1.00 bits per heavy atom. The summed E-state index contributed by atoms with van der Waals surface area (Å²) >= 11 is 0.750. The van der Waals surface area contributed by atoms with Crippen LogP contribution in [0.5, 0.6) is 0 Å². The summed E-state index contributed by atoms with van der Waals surface area (Å²) < 4.78 is 8.25. The van der Waals surface area contributed by atoms with Gasteiger partial charge in [0, 0.05) is 0 Å². The molecule has 1 nitrogen and oxygen atoms in total. The summed E-state index contributed by atoms with van der Waals surface area (Å²) in [4.78, 5) is 0. The Hall–Kier alpha value is 0.923. The van der Waals surface area contributed by atoms with Crippen molar-refractivity contribution in [3.05, 3.63) is 0 Å². The van der Waals surface area contributed by atoms with Crippen LogP contribution in [0.25, 0.3) is 0 Å². The van der Waals surface area contributed by atoms with Crippen LogP contribution in [0, 0.1) is 0 Å². The fourth-order valence-electron chi connectivity index (χ4n) is 0. The molecule has 0 aromatic carbocycles. The zero-order valence-electron chi connectivity index (χ0n) is 1.72. The fraction of sp³-hybridized carbons (Fsp3) is 0. The van der Waals surface area contributed by atoms with Gasteiger partial charge in [0.2, 0.25) is 0 Å². The first kappa shape index (κ1) is 20.5. The van der Waals surface area contributed by atoms with E-state index < -0.39 is 0 Å². The molecule has 0 aliphatic heterocycles. The van der Waals surface area contributed by atoms with Crippen LogP contribution in [0.15, 0.2) is 0 Å². The van der Waals surface area contributed by atoms with Crippen LogP contribution in [0.1, 0.15) is 0 Å². The zero-order chi connectivity index (χ0) is 2.00. The number of hydrogen-bond acceptors (Lipinski definition) is 1. The molecule has 0 aliphatic rings. The Kier molecular flexibility index (Phi) is 202. The molecule has 0 spiro atoms. The zero-order valence-corrected chi connectivity index (χ0v) is 5.46. The van der Waals surface area contributed by atoms with Crippen molar-refractivity contribution >= 4 is 41.3 Å². The molecule has 0 saturated heterocycles. The van der Waals surface area contributed by atoms with Crippen LogP contribution < -0.4 is 0 Å². The van der Waals surface area contributed by atoms with E-state index >= 15 is 0 Å². The number of halogens is 2. The fourth-order valence-corrected chi connectivity index (χ4v) is 0. The van der Waals surface area contributed by atoms with Crippen LogP contribution in [-0.4, -0.2) is 16.5 Å². The molecule has 0 aromatic rings. The number of hydrogen-bond donors (Lipinski definition) is 0. The summed E-state index contributed by atoms with van der Waals surface area (Å²) in [6.45, 7) is 0. The molecule has 26 valence electrons. The number of rotatable bonds is 0. The van der Waals surface area contributed by atoms with Gasteiger partial charge in [-0.3, -0.25) is 0 Å². The quantitative estimate of drug-likeness (QED) is 0.469. The average Bonchev–Trinajstić information content (AvgIpc) is 1.00. The molecule has 0 fully saturated rings. The molecule has 0 aromatic heterocycles. The van der Waals surface area contributed by atoms with E-state index in [0.717, 1.165) is 16.5 Å². The Morgan fingerprint density at radius 3 is 1.00 bits per heavy atom. The van der Waals surface area contributed by atoms with Crippen LogP contribution in [0.2, 0.25) is 0 Å². The van der Waals surface area contributed by atoms with Crippen LogP contribution in [0.4, 0.5) is 0 Å². The van der Waals surface area contributed by atoms with Gasteiger partial charge in [-0.15, -0.1) is 24.8 Å². The monoisotopic (exact) mass is 162 g/mol. The Labute approximate surface area is 45.4 Å². The van der Waals surface area contributed by atoms with Crippen LogP contribution in [-0.2, 0) is 3.78 Å². The second kappa shape index (κ2) is 39.4. The van der Waals surface area contributed by atoms with E-state index in [1.54, 1.807) is 0 Å². The molecule has 0 N–H and O–H groups in total. The SMILES string of the molecule is Cl.Cl.[O]=[Ge]. The summed E-state index contributed by atoms with van der Waals surface area (Å²) in [5.74, 6) is 0. The first-order valence-corrected chi connectivity index (χ1v) is 1.06. The first-order chi connectivity index (χ1) is 1.00. The van der Waals surface area contributed by atoms with E-state index in [1.165, 1.54) is 0 Å². The van der Waals surface area contributed by atoms with Crippen molar-refractivity contribution in [1.82, 2.24) is 0 Å². The summed E-state index contributed by atoms with van der Waals surface area (Å²) in [6, 6.07) is 0. The minimum atomic E-state index is 0. The van der Waals surface area contributed by atoms with Gasteiger partial charge >= 0.3 is 20.2 Å². The van der Waals surface area contributed by atoms with Gasteiger partial charge < -0.3 is 0 Å². The van der Waals surface area contributed by atoms with Crippen molar-refractivity contribution in [2.24, 2.45) is 0 Å². The Morgan fingerprint density at radius 2 is 1.00 bits per heavy atom. The van der Waals surface area contributed by atoms with Crippen molar-refractivity contribution in [1.29, 1.82) is 0 Å². The molecular weight excluding hydrogens is 160 g/mol. The molecule has 0 atom stereocenters. The van der Waals surface area contributed by atoms with Crippen LogP contribution in [0.3, 0.4) is 0 Å². The maximum absolute atomic E-state index is 8.25. The third kappa shape index (κ3) is 12.7. The van der Waals surface area contributed by atoms with Gasteiger partial charge in [0.15, 0.2) is 0 Å². The van der Waals surface area contributed by atoms with E-state index in [9.17, 15) is 0 Å². The molecule has 0 saturated carbocycles. The van der Waals surface area contributed by atoms with E-state index in [4.69, 9.17) is 3.78 Å². The van der Waals surface area contributed by atoms with Crippen molar-refractivity contribution in [2.75, 3.05) is 0 Å². The van der Waals surface area contributed by atoms with Crippen molar-refractivity contribution in [3.63, 3.8) is 0 Å². The molecule has 0 rings (SSSR count). The van der Waals surface area contributed by atoms with E-state index in [-0.39, 0.29) is 24.8 Å². The molecular formula is H2Cl2GeO. The molecule has 4 heteroatoms.